The Hall–Kier alpha value is -3.82. The first-order valence-corrected chi connectivity index (χ1v) is 9.64. The number of nitrogens with one attached hydrogen (secondary N) is 3. The number of halogens is 1. The molecule has 0 bridgehead atoms. The van der Waals surface area contributed by atoms with E-state index in [9.17, 15) is 19.7 Å². The van der Waals surface area contributed by atoms with Crippen molar-refractivity contribution in [1.82, 2.24) is 5.32 Å². The fourth-order valence-electron chi connectivity index (χ4n) is 2.54. The first-order chi connectivity index (χ1) is 14.8. The number of hydrogen-bond donors (Lipinski definition) is 3. The number of non-ortho nitro benzene ring substituents is 1. The molecular formula is C21H15ClN4O4S. The van der Waals surface area contributed by atoms with Gasteiger partial charge in [0.1, 0.15) is 0 Å². The van der Waals surface area contributed by atoms with Gasteiger partial charge in [0.05, 0.1) is 4.92 Å². The largest absolute Gasteiger partial charge is 0.332 e. The van der Waals surface area contributed by atoms with Crippen LogP contribution in [0.4, 0.5) is 17.1 Å². The van der Waals surface area contributed by atoms with E-state index in [-0.39, 0.29) is 22.3 Å². The summed E-state index contributed by atoms with van der Waals surface area (Å²) in [7, 11) is 0. The molecule has 31 heavy (non-hydrogen) atoms. The van der Waals surface area contributed by atoms with Crippen LogP contribution in [0, 0.1) is 10.1 Å². The molecule has 0 aromatic heterocycles. The topological polar surface area (TPSA) is 113 Å². The van der Waals surface area contributed by atoms with Gasteiger partial charge in [-0.1, -0.05) is 17.7 Å². The molecule has 0 heterocycles. The fraction of sp³-hybridized carbons (Fsp3) is 0. The lowest BCUT2D eigenvalue weighted by Gasteiger charge is -2.11. The summed E-state index contributed by atoms with van der Waals surface area (Å²) in [4.78, 5) is 34.6. The van der Waals surface area contributed by atoms with E-state index in [0.717, 1.165) is 0 Å². The van der Waals surface area contributed by atoms with Crippen LogP contribution in [-0.2, 0) is 0 Å². The number of rotatable bonds is 5. The Morgan fingerprint density at radius 1 is 0.839 bits per heavy atom. The minimum absolute atomic E-state index is 0.0547. The number of carbonyl (C=O) groups is 2. The van der Waals surface area contributed by atoms with Crippen LogP contribution < -0.4 is 16.0 Å². The van der Waals surface area contributed by atoms with E-state index in [0.29, 0.717) is 22.0 Å². The Morgan fingerprint density at radius 2 is 1.45 bits per heavy atom. The number of nitro benzene ring substituents is 1. The Kier molecular flexibility index (Phi) is 6.91. The van der Waals surface area contributed by atoms with Gasteiger partial charge in [-0.25, -0.2) is 0 Å². The van der Waals surface area contributed by atoms with Crippen molar-refractivity contribution in [2.45, 2.75) is 0 Å². The summed E-state index contributed by atoms with van der Waals surface area (Å²) >= 11 is 11.0. The van der Waals surface area contributed by atoms with Crippen LogP contribution in [0.3, 0.4) is 0 Å². The molecule has 3 N–H and O–H groups in total. The third kappa shape index (κ3) is 6.08. The minimum atomic E-state index is -0.547. The van der Waals surface area contributed by atoms with Crippen LogP contribution in [0.15, 0.2) is 72.8 Å². The zero-order valence-corrected chi connectivity index (χ0v) is 17.4. The SMILES string of the molecule is O=C(NC(=S)Nc1ccc(NC(=O)c2cccc(Cl)c2)cc1)c1ccc([N+](=O)[O-])cc1. The van der Waals surface area contributed by atoms with E-state index in [4.69, 9.17) is 23.8 Å². The van der Waals surface area contributed by atoms with Gasteiger partial charge < -0.3 is 10.6 Å². The van der Waals surface area contributed by atoms with Gasteiger partial charge in [-0.2, -0.15) is 0 Å². The predicted octanol–water partition coefficient (Wildman–Crippen LogP) is 4.63. The van der Waals surface area contributed by atoms with Crippen molar-refractivity contribution in [2.75, 3.05) is 10.6 Å². The monoisotopic (exact) mass is 454 g/mol. The number of nitrogens with zero attached hydrogens (tertiary/aromatic N) is 1. The molecule has 8 nitrogen and oxygen atoms in total. The van der Waals surface area contributed by atoms with E-state index in [2.05, 4.69) is 16.0 Å². The second-order valence-corrected chi connectivity index (χ2v) is 7.10. The van der Waals surface area contributed by atoms with E-state index in [1.54, 1.807) is 48.5 Å². The number of carbonyl (C=O) groups excluding carboxylic acids is 2. The van der Waals surface area contributed by atoms with Gasteiger partial charge in [0.15, 0.2) is 5.11 Å². The van der Waals surface area contributed by atoms with Gasteiger partial charge in [-0.15, -0.1) is 0 Å². The van der Waals surface area contributed by atoms with E-state index in [1.165, 1.54) is 24.3 Å². The van der Waals surface area contributed by atoms with Crippen LogP contribution in [-0.4, -0.2) is 21.9 Å². The third-order valence-electron chi connectivity index (χ3n) is 4.05. The second kappa shape index (κ2) is 9.79. The molecule has 0 saturated carbocycles. The molecule has 0 unspecified atom stereocenters. The van der Waals surface area contributed by atoms with Gasteiger partial charge in [-0.05, 0) is 66.8 Å². The molecule has 2 amide bonds. The molecule has 0 aliphatic carbocycles. The Bertz CT molecular complexity index is 1150. The summed E-state index contributed by atoms with van der Waals surface area (Å²) in [5, 5.41) is 19.3. The summed E-state index contributed by atoms with van der Waals surface area (Å²) in [6.07, 6.45) is 0. The molecule has 0 aliphatic heterocycles. The molecule has 156 valence electrons. The van der Waals surface area contributed by atoms with Crippen LogP contribution in [0.5, 0.6) is 0 Å². The second-order valence-electron chi connectivity index (χ2n) is 6.25. The van der Waals surface area contributed by atoms with E-state index >= 15 is 0 Å². The summed E-state index contributed by atoms with van der Waals surface area (Å²) in [5.41, 5.74) is 1.71. The standard InChI is InChI=1S/C21H15ClN4O4S/c22-15-3-1-2-14(12-15)20(28)23-16-6-8-17(9-7-16)24-21(31)25-19(27)13-4-10-18(11-5-13)26(29)30/h1-12H,(H,23,28)(H2,24,25,27,31). The van der Waals surface area contributed by atoms with Crippen molar-refractivity contribution in [3.63, 3.8) is 0 Å². The molecule has 0 radical (unpaired) electrons. The molecule has 0 fully saturated rings. The number of anilines is 2. The number of thiocarbonyl (C=S) groups is 1. The fourth-order valence-corrected chi connectivity index (χ4v) is 2.94. The van der Waals surface area contributed by atoms with Gasteiger partial charge in [-0.3, -0.25) is 25.0 Å². The molecule has 0 saturated heterocycles. The third-order valence-corrected chi connectivity index (χ3v) is 4.49. The Balaban J connectivity index is 1.55. The Labute approximate surface area is 187 Å². The number of hydrogen-bond acceptors (Lipinski definition) is 5. The first kappa shape index (κ1) is 21.9. The average molecular weight is 455 g/mol. The molecule has 0 spiro atoms. The average Bonchev–Trinajstić information content (AvgIpc) is 2.75. The number of nitro groups is 1. The van der Waals surface area contributed by atoms with E-state index < -0.39 is 10.8 Å². The van der Waals surface area contributed by atoms with Gasteiger partial charge in [0, 0.05) is 39.7 Å². The molecule has 3 aromatic rings. The quantitative estimate of drug-likeness (QED) is 0.294. The minimum Gasteiger partial charge on any atom is -0.332 e. The van der Waals surface area contributed by atoms with Crippen LogP contribution >= 0.6 is 23.8 Å². The maximum absolute atomic E-state index is 12.3. The summed E-state index contributed by atoms with van der Waals surface area (Å²) < 4.78 is 0. The lowest BCUT2D eigenvalue weighted by Crippen LogP contribution is -2.34. The highest BCUT2D eigenvalue weighted by molar-refractivity contribution is 7.80. The Morgan fingerprint density at radius 3 is 2.03 bits per heavy atom. The molecular weight excluding hydrogens is 440 g/mol. The summed E-state index contributed by atoms with van der Waals surface area (Å²) in [6.45, 7) is 0. The van der Waals surface area contributed by atoms with Crippen LogP contribution in [0.2, 0.25) is 5.02 Å². The summed E-state index contributed by atoms with van der Waals surface area (Å²) in [6, 6.07) is 18.5. The maximum atomic E-state index is 12.3. The zero-order valence-electron chi connectivity index (χ0n) is 15.8. The molecule has 0 aliphatic rings. The number of benzene rings is 3. The van der Waals surface area contributed by atoms with Gasteiger partial charge in [0.25, 0.3) is 17.5 Å². The van der Waals surface area contributed by atoms with Crippen LogP contribution in [0.25, 0.3) is 0 Å². The van der Waals surface area contributed by atoms with Gasteiger partial charge >= 0.3 is 0 Å². The zero-order chi connectivity index (χ0) is 22.4. The molecule has 3 aromatic carbocycles. The van der Waals surface area contributed by atoms with Crippen molar-refractivity contribution in [3.8, 4) is 0 Å². The maximum Gasteiger partial charge on any atom is 0.269 e. The predicted molar refractivity (Wildman–Crippen MR) is 123 cm³/mol. The highest BCUT2D eigenvalue weighted by Gasteiger charge is 2.11. The highest BCUT2D eigenvalue weighted by Crippen LogP contribution is 2.17. The normalized spacial score (nSPS) is 10.1. The van der Waals surface area contributed by atoms with Gasteiger partial charge in [0.2, 0.25) is 0 Å². The lowest BCUT2D eigenvalue weighted by atomic mass is 10.2. The summed E-state index contributed by atoms with van der Waals surface area (Å²) in [5.74, 6) is -0.799. The van der Waals surface area contributed by atoms with E-state index in [1.807, 2.05) is 0 Å². The van der Waals surface area contributed by atoms with Crippen molar-refractivity contribution in [1.29, 1.82) is 0 Å². The lowest BCUT2D eigenvalue weighted by molar-refractivity contribution is -0.384. The molecule has 10 heteroatoms. The molecule has 3 rings (SSSR count). The number of amides is 2. The van der Waals surface area contributed by atoms with Crippen LogP contribution in [0.1, 0.15) is 20.7 Å². The van der Waals surface area contributed by atoms with Crippen molar-refractivity contribution in [2.24, 2.45) is 0 Å². The highest BCUT2D eigenvalue weighted by atomic mass is 35.5. The first-order valence-electron chi connectivity index (χ1n) is 8.85. The van der Waals surface area contributed by atoms with Crippen molar-refractivity contribution >= 4 is 57.8 Å². The van der Waals surface area contributed by atoms with Crippen molar-refractivity contribution in [3.05, 3.63) is 99.1 Å². The van der Waals surface area contributed by atoms with Crippen molar-refractivity contribution < 1.29 is 14.5 Å². The smallest absolute Gasteiger partial charge is 0.269 e. The molecule has 0 atom stereocenters.